The van der Waals surface area contributed by atoms with Gasteiger partial charge in [-0.25, -0.2) is 0 Å². The first-order chi connectivity index (χ1) is 18.9. The van der Waals surface area contributed by atoms with E-state index in [2.05, 4.69) is 29.6 Å². The molecule has 4 nitrogen and oxygen atoms in total. The fourth-order valence-corrected chi connectivity index (χ4v) is 5.03. The Hall–Kier alpha value is -3.89. The van der Waals surface area contributed by atoms with Crippen LogP contribution in [0.15, 0.2) is 115 Å². The zero-order valence-corrected chi connectivity index (χ0v) is 23.2. The molecular weight excluding hydrogens is 504 g/mol. The third-order valence-corrected chi connectivity index (χ3v) is 7.15. The van der Waals surface area contributed by atoms with Gasteiger partial charge in [0.05, 0.1) is 0 Å². The Labute approximate surface area is 236 Å². The number of amides is 2. The zero-order chi connectivity index (χ0) is 27.6. The summed E-state index contributed by atoms with van der Waals surface area (Å²) in [6.45, 7) is 4.09. The van der Waals surface area contributed by atoms with Gasteiger partial charge in [-0.1, -0.05) is 121 Å². The molecule has 0 saturated heterocycles. The van der Waals surface area contributed by atoms with Crippen LogP contribution in [0.5, 0.6) is 0 Å². The van der Waals surface area contributed by atoms with Crippen LogP contribution in [0.2, 0.25) is 5.02 Å². The van der Waals surface area contributed by atoms with Gasteiger partial charge in [-0.15, -0.1) is 0 Å². The number of hydrogen-bond acceptors (Lipinski definition) is 2. The number of halogens is 1. The first-order valence-electron chi connectivity index (χ1n) is 13.4. The minimum atomic E-state index is -0.703. The highest BCUT2D eigenvalue weighted by atomic mass is 35.5. The molecule has 1 N–H and O–H groups in total. The maximum atomic E-state index is 14.3. The maximum absolute atomic E-state index is 14.3. The highest BCUT2D eigenvalue weighted by Crippen LogP contribution is 2.30. The van der Waals surface area contributed by atoms with Crippen molar-refractivity contribution in [3.63, 3.8) is 0 Å². The van der Waals surface area contributed by atoms with Crippen LogP contribution < -0.4 is 5.32 Å². The molecule has 4 aromatic rings. The predicted octanol–water partition coefficient (Wildman–Crippen LogP) is 7.03. The smallest absolute Gasteiger partial charge is 0.243 e. The lowest BCUT2D eigenvalue weighted by molar-refractivity contribution is -0.141. The van der Waals surface area contributed by atoms with E-state index in [-0.39, 0.29) is 36.7 Å². The molecule has 0 bridgehead atoms. The monoisotopic (exact) mass is 538 g/mol. The Kier molecular flexibility index (Phi) is 9.93. The number of nitrogens with one attached hydrogen (secondary N) is 1. The summed E-state index contributed by atoms with van der Waals surface area (Å²) in [6.07, 6.45) is 0.621. The first kappa shape index (κ1) is 28.1. The molecule has 0 spiro atoms. The second-order valence-corrected chi connectivity index (χ2v) is 10.5. The van der Waals surface area contributed by atoms with Crippen molar-refractivity contribution < 1.29 is 9.59 Å². The standard InChI is InChI=1S/C34H35ClN2O2/c1-25(2)36-34(39)32(22-26-14-6-3-7-15-26)37(24-29-20-12-13-21-31(29)35)33(38)23-30(27-16-8-4-9-17-27)28-18-10-5-11-19-28/h3-21,25,30,32H,22-24H2,1-2H3,(H,36,39). The van der Waals surface area contributed by atoms with Crippen molar-refractivity contribution in [3.8, 4) is 0 Å². The van der Waals surface area contributed by atoms with E-state index in [9.17, 15) is 9.59 Å². The number of carbonyl (C=O) groups is 2. The van der Waals surface area contributed by atoms with Gasteiger partial charge in [-0.2, -0.15) is 0 Å². The van der Waals surface area contributed by atoms with Gasteiger partial charge in [0.1, 0.15) is 6.04 Å². The number of rotatable bonds is 11. The first-order valence-corrected chi connectivity index (χ1v) is 13.8. The molecule has 0 aliphatic rings. The lowest BCUT2D eigenvalue weighted by Gasteiger charge is -2.33. The average Bonchev–Trinajstić information content (AvgIpc) is 2.95. The number of benzene rings is 4. The van der Waals surface area contributed by atoms with Crippen LogP contribution in [0.25, 0.3) is 0 Å². The summed E-state index contributed by atoms with van der Waals surface area (Å²) in [5.41, 5.74) is 3.90. The van der Waals surface area contributed by atoms with Crippen molar-refractivity contribution in [3.05, 3.63) is 143 Å². The third kappa shape index (κ3) is 7.81. The van der Waals surface area contributed by atoms with Crippen LogP contribution in [0.1, 0.15) is 48.4 Å². The third-order valence-electron chi connectivity index (χ3n) is 6.78. The quantitative estimate of drug-likeness (QED) is 0.223. The molecule has 5 heteroatoms. The molecule has 39 heavy (non-hydrogen) atoms. The number of hydrogen-bond donors (Lipinski definition) is 1. The van der Waals surface area contributed by atoms with E-state index < -0.39 is 6.04 Å². The van der Waals surface area contributed by atoms with Gasteiger partial charge in [0, 0.05) is 36.4 Å². The van der Waals surface area contributed by atoms with Gasteiger partial charge >= 0.3 is 0 Å². The Morgan fingerprint density at radius 1 is 0.744 bits per heavy atom. The largest absolute Gasteiger partial charge is 0.352 e. The van der Waals surface area contributed by atoms with Crippen molar-refractivity contribution in [1.29, 1.82) is 0 Å². The number of carbonyl (C=O) groups excluding carboxylic acids is 2. The minimum Gasteiger partial charge on any atom is -0.352 e. The van der Waals surface area contributed by atoms with Crippen LogP contribution in [-0.4, -0.2) is 28.8 Å². The van der Waals surface area contributed by atoms with E-state index in [1.54, 1.807) is 4.90 Å². The molecule has 0 saturated carbocycles. The molecular formula is C34H35ClN2O2. The predicted molar refractivity (Wildman–Crippen MR) is 159 cm³/mol. The molecule has 0 heterocycles. The van der Waals surface area contributed by atoms with Gasteiger partial charge in [-0.3, -0.25) is 9.59 Å². The van der Waals surface area contributed by atoms with Gasteiger partial charge in [0.15, 0.2) is 0 Å². The SMILES string of the molecule is CC(C)NC(=O)C(Cc1ccccc1)N(Cc1ccccc1Cl)C(=O)CC(c1ccccc1)c1ccccc1. The Morgan fingerprint density at radius 3 is 1.79 bits per heavy atom. The van der Waals surface area contributed by atoms with Gasteiger partial charge in [-0.05, 0) is 42.2 Å². The molecule has 0 aliphatic heterocycles. The topological polar surface area (TPSA) is 49.4 Å². The summed E-state index contributed by atoms with van der Waals surface area (Å²) in [7, 11) is 0. The Bertz CT molecular complexity index is 1300. The lowest BCUT2D eigenvalue weighted by atomic mass is 9.87. The van der Waals surface area contributed by atoms with Crippen LogP contribution in [0.3, 0.4) is 0 Å². The van der Waals surface area contributed by atoms with E-state index >= 15 is 0 Å². The second-order valence-electron chi connectivity index (χ2n) is 10.1. The van der Waals surface area contributed by atoms with E-state index in [4.69, 9.17) is 11.6 Å². The molecule has 4 aromatic carbocycles. The molecule has 2 amide bonds. The summed E-state index contributed by atoms with van der Waals surface area (Å²) in [5.74, 6) is -0.433. The van der Waals surface area contributed by atoms with Crippen LogP contribution in [0.4, 0.5) is 0 Å². The van der Waals surface area contributed by atoms with E-state index in [0.29, 0.717) is 11.4 Å². The van der Waals surface area contributed by atoms with Crippen molar-refractivity contribution >= 4 is 23.4 Å². The lowest BCUT2D eigenvalue weighted by Crippen LogP contribution is -2.52. The van der Waals surface area contributed by atoms with Gasteiger partial charge in [0.2, 0.25) is 11.8 Å². The van der Waals surface area contributed by atoms with E-state index in [1.807, 2.05) is 105 Å². The minimum absolute atomic E-state index is 0.0607. The van der Waals surface area contributed by atoms with Crippen LogP contribution in [-0.2, 0) is 22.6 Å². The fraction of sp³-hybridized carbons (Fsp3) is 0.235. The second kappa shape index (κ2) is 13.8. The van der Waals surface area contributed by atoms with E-state index in [1.165, 1.54) is 0 Å². The maximum Gasteiger partial charge on any atom is 0.243 e. The van der Waals surface area contributed by atoms with Crippen molar-refractivity contribution in [1.82, 2.24) is 10.2 Å². The Balaban J connectivity index is 1.74. The molecule has 0 radical (unpaired) electrons. The number of nitrogens with zero attached hydrogens (tertiary/aromatic N) is 1. The van der Waals surface area contributed by atoms with E-state index in [0.717, 1.165) is 22.3 Å². The van der Waals surface area contributed by atoms with Crippen molar-refractivity contribution in [2.75, 3.05) is 0 Å². The van der Waals surface area contributed by atoms with Crippen molar-refractivity contribution in [2.45, 2.75) is 51.2 Å². The molecule has 1 unspecified atom stereocenters. The fourth-order valence-electron chi connectivity index (χ4n) is 4.84. The van der Waals surface area contributed by atoms with Gasteiger partial charge in [0.25, 0.3) is 0 Å². The van der Waals surface area contributed by atoms with Crippen LogP contribution in [0, 0.1) is 0 Å². The molecule has 0 aromatic heterocycles. The normalized spacial score (nSPS) is 11.8. The van der Waals surface area contributed by atoms with Crippen molar-refractivity contribution in [2.24, 2.45) is 0 Å². The molecule has 4 rings (SSSR count). The summed E-state index contributed by atoms with van der Waals surface area (Å²) < 4.78 is 0. The Morgan fingerprint density at radius 2 is 1.26 bits per heavy atom. The summed E-state index contributed by atoms with van der Waals surface area (Å²) in [5, 5.41) is 3.62. The molecule has 200 valence electrons. The van der Waals surface area contributed by atoms with Crippen LogP contribution >= 0.6 is 11.6 Å². The highest BCUT2D eigenvalue weighted by Gasteiger charge is 2.32. The zero-order valence-electron chi connectivity index (χ0n) is 22.5. The molecule has 1 atom stereocenters. The summed E-state index contributed by atoms with van der Waals surface area (Å²) >= 11 is 6.56. The van der Waals surface area contributed by atoms with Gasteiger partial charge < -0.3 is 10.2 Å². The highest BCUT2D eigenvalue weighted by molar-refractivity contribution is 6.31. The molecule has 0 aliphatic carbocycles. The molecule has 0 fully saturated rings. The average molecular weight is 539 g/mol. The summed E-state index contributed by atoms with van der Waals surface area (Å²) in [4.78, 5) is 29.7. The summed E-state index contributed by atoms with van der Waals surface area (Å²) in [6, 6.07) is 36.7.